The Labute approximate surface area is 70.5 Å². The highest BCUT2D eigenvalue weighted by Gasteiger charge is 2.17. The molecule has 1 atom stereocenters. The molecule has 0 aliphatic carbocycles. The Bertz CT molecular complexity index is 97.7. The monoisotopic (exact) mass is 158 g/mol. The molecular weight excluding hydrogens is 136 g/mol. The summed E-state index contributed by atoms with van der Waals surface area (Å²) in [5.74, 6) is 0. The Morgan fingerprint density at radius 1 is 1.45 bits per heavy atom. The lowest BCUT2D eigenvalue weighted by Crippen LogP contribution is -2.43. The van der Waals surface area contributed by atoms with Crippen molar-refractivity contribution in [2.75, 3.05) is 6.54 Å². The van der Waals surface area contributed by atoms with Gasteiger partial charge in [-0.2, -0.15) is 0 Å². The molecule has 0 aromatic carbocycles. The van der Waals surface area contributed by atoms with Crippen LogP contribution in [0.25, 0.3) is 0 Å². The van der Waals surface area contributed by atoms with Crippen molar-refractivity contribution in [3.05, 3.63) is 0 Å². The van der Waals surface area contributed by atoms with Crippen molar-refractivity contribution < 1.29 is 0 Å². The first-order valence-electron chi connectivity index (χ1n) is 4.48. The third-order valence-electron chi connectivity index (χ3n) is 1.69. The van der Waals surface area contributed by atoms with Gasteiger partial charge in [0, 0.05) is 11.6 Å². The van der Waals surface area contributed by atoms with Gasteiger partial charge in [-0.1, -0.05) is 6.92 Å². The second-order valence-corrected chi connectivity index (χ2v) is 3.99. The fraction of sp³-hybridized carbons (Fsp3) is 1.00. The summed E-state index contributed by atoms with van der Waals surface area (Å²) in [6.45, 7) is 9.71. The summed E-state index contributed by atoms with van der Waals surface area (Å²) in [5, 5.41) is 3.46. The Hall–Kier alpha value is -0.0800. The van der Waals surface area contributed by atoms with Gasteiger partial charge in [-0.15, -0.1) is 0 Å². The van der Waals surface area contributed by atoms with Crippen LogP contribution in [-0.2, 0) is 0 Å². The fourth-order valence-electron chi connectivity index (χ4n) is 1.34. The molecule has 0 fully saturated rings. The van der Waals surface area contributed by atoms with Gasteiger partial charge >= 0.3 is 0 Å². The lowest BCUT2D eigenvalue weighted by atomic mass is 9.96. The number of hydrogen-bond donors (Lipinski definition) is 2. The van der Waals surface area contributed by atoms with Crippen LogP contribution in [0.15, 0.2) is 0 Å². The molecule has 0 saturated heterocycles. The van der Waals surface area contributed by atoms with Crippen LogP contribution in [-0.4, -0.2) is 18.1 Å². The van der Waals surface area contributed by atoms with E-state index in [0.717, 1.165) is 13.0 Å². The first-order valence-corrected chi connectivity index (χ1v) is 4.48. The quantitative estimate of drug-likeness (QED) is 0.636. The minimum absolute atomic E-state index is 0.199. The molecule has 0 radical (unpaired) electrons. The maximum absolute atomic E-state index is 5.71. The van der Waals surface area contributed by atoms with Gasteiger partial charge in [-0.25, -0.2) is 0 Å². The van der Waals surface area contributed by atoms with E-state index in [4.69, 9.17) is 5.73 Å². The summed E-state index contributed by atoms with van der Waals surface area (Å²) in [5.41, 5.74) is 5.91. The maximum atomic E-state index is 5.71. The number of rotatable bonds is 5. The molecule has 0 amide bonds. The summed E-state index contributed by atoms with van der Waals surface area (Å²) in [4.78, 5) is 0. The molecule has 11 heavy (non-hydrogen) atoms. The third-order valence-corrected chi connectivity index (χ3v) is 1.69. The molecule has 0 rings (SSSR count). The maximum Gasteiger partial charge on any atom is 0.0139 e. The van der Waals surface area contributed by atoms with Gasteiger partial charge in [0.25, 0.3) is 0 Å². The smallest absolute Gasteiger partial charge is 0.0139 e. The molecule has 1 unspecified atom stereocenters. The van der Waals surface area contributed by atoms with Crippen molar-refractivity contribution in [2.45, 2.75) is 52.1 Å². The van der Waals surface area contributed by atoms with Crippen molar-refractivity contribution in [3.8, 4) is 0 Å². The zero-order valence-electron chi connectivity index (χ0n) is 8.28. The van der Waals surface area contributed by atoms with Gasteiger partial charge < -0.3 is 11.1 Å². The molecule has 0 aliphatic heterocycles. The average Bonchev–Trinajstić information content (AvgIpc) is 1.81. The van der Waals surface area contributed by atoms with Crippen molar-refractivity contribution in [3.63, 3.8) is 0 Å². The standard InChI is InChI=1S/C9H22N2/c1-5-6-11-9(3,4)7-8(2)10/h8,11H,5-7,10H2,1-4H3. The van der Waals surface area contributed by atoms with E-state index in [1.165, 1.54) is 6.42 Å². The summed E-state index contributed by atoms with van der Waals surface area (Å²) in [6, 6.07) is 0.286. The summed E-state index contributed by atoms with van der Waals surface area (Å²) < 4.78 is 0. The van der Waals surface area contributed by atoms with Gasteiger partial charge in [0.2, 0.25) is 0 Å². The van der Waals surface area contributed by atoms with Gasteiger partial charge in [-0.3, -0.25) is 0 Å². The molecule has 0 spiro atoms. The van der Waals surface area contributed by atoms with Crippen molar-refractivity contribution >= 4 is 0 Å². The lowest BCUT2D eigenvalue weighted by molar-refractivity contribution is 0.342. The van der Waals surface area contributed by atoms with Crippen LogP contribution in [0.5, 0.6) is 0 Å². The molecular formula is C9H22N2. The zero-order chi connectivity index (χ0) is 8.91. The number of nitrogens with two attached hydrogens (primary N) is 1. The molecule has 3 N–H and O–H groups in total. The van der Waals surface area contributed by atoms with Crippen LogP contribution in [0, 0.1) is 0 Å². The SMILES string of the molecule is CCCNC(C)(C)CC(C)N. The molecule has 0 aromatic heterocycles. The Morgan fingerprint density at radius 3 is 2.36 bits per heavy atom. The van der Waals surface area contributed by atoms with Gasteiger partial charge in [0.05, 0.1) is 0 Å². The lowest BCUT2D eigenvalue weighted by Gasteiger charge is -2.27. The molecule has 0 aromatic rings. The van der Waals surface area contributed by atoms with Crippen LogP contribution >= 0.6 is 0 Å². The minimum Gasteiger partial charge on any atom is -0.328 e. The number of hydrogen-bond acceptors (Lipinski definition) is 2. The predicted octanol–water partition coefficient (Wildman–Crippen LogP) is 1.50. The van der Waals surface area contributed by atoms with E-state index in [2.05, 4.69) is 33.0 Å². The Kier molecular flexibility index (Phi) is 4.69. The van der Waals surface area contributed by atoms with E-state index < -0.39 is 0 Å². The Balaban J connectivity index is 3.61. The summed E-state index contributed by atoms with van der Waals surface area (Å²) in [7, 11) is 0. The Morgan fingerprint density at radius 2 is 2.00 bits per heavy atom. The van der Waals surface area contributed by atoms with Gasteiger partial charge in [0.15, 0.2) is 0 Å². The molecule has 68 valence electrons. The van der Waals surface area contributed by atoms with E-state index in [1.807, 2.05) is 0 Å². The van der Waals surface area contributed by atoms with Crippen LogP contribution in [0.4, 0.5) is 0 Å². The number of nitrogens with one attached hydrogen (secondary N) is 1. The second-order valence-electron chi connectivity index (χ2n) is 3.99. The van der Waals surface area contributed by atoms with E-state index in [9.17, 15) is 0 Å². The van der Waals surface area contributed by atoms with Crippen LogP contribution < -0.4 is 11.1 Å². The van der Waals surface area contributed by atoms with E-state index in [0.29, 0.717) is 0 Å². The largest absolute Gasteiger partial charge is 0.328 e. The van der Waals surface area contributed by atoms with Crippen LogP contribution in [0.2, 0.25) is 0 Å². The van der Waals surface area contributed by atoms with Crippen molar-refractivity contribution in [2.24, 2.45) is 5.73 Å². The van der Waals surface area contributed by atoms with Crippen molar-refractivity contribution in [1.29, 1.82) is 0 Å². The predicted molar refractivity (Wildman–Crippen MR) is 50.6 cm³/mol. The normalized spacial score (nSPS) is 15.0. The first kappa shape index (κ1) is 10.9. The molecule has 2 heteroatoms. The van der Waals surface area contributed by atoms with E-state index >= 15 is 0 Å². The van der Waals surface area contributed by atoms with Crippen LogP contribution in [0.1, 0.15) is 40.5 Å². The van der Waals surface area contributed by atoms with E-state index in [1.54, 1.807) is 0 Å². The first-order chi connectivity index (χ1) is 4.98. The molecule has 0 aliphatic rings. The highest BCUT2D eigenvalue weighted by Crippen LogP contribution is 2.09. The highest BCUT2D eigenvalue weighted by atomic mass is 15.0. The highest BCUT2D eigenvalue weighted by molar-refractivity contribution is 4.80. The minimum atomic E-state index is 0.199. The second kappa shape index (κ2) is 4.73. The van der Waals surface area contributed by atoms with Crippen molar-refractivity contribution in [1.82, 2.24) is 5.32 Å². The molecule has 0 bridgehead atoms. The zero-order valence-corrected chi connectivity index (χ0v) is 8.28. The molecule has 0 heterocycles. The molecule has 2 nitrogen and oxygen atoms in total. The summed E-state index contributed by atoms with van der Waals surface area (Å²) in [6.07, 6.45) is 2.22. The van der Waals surface area contributed by atoms with Gasteiger partial charge in [-0.05, 0) is 40.2 Å². The topological polar surface area (TPSA) is 38.0 Å². The average molecular weight is 158 g/mol. The third kappa shape index (κ3) is 6.32. The molecule has 0 saturated carbocycles. The fourth-order valence-corrected chi connectivity index (χ4v) is 1.34. The van der Waals surface area contributed by atoms with Gasteiger partial charge in [0.1, 0.15) is 0 Å². The van der Waals surface area contributed by atoms with E-state index in [-0.39, 0.29) is 11.6 Å². The van der Waals surface area contributed by atoms with Crippen LogP contribution in [0.3, 0.4) is 0 Å². The summed E-state index contributed by atoms with van der Waals surface area (Å²) >= 11 is 0.